The summed E-state index contributed by atoms with van der Waals surface area (Å²) in [6.45, 7) is 3.05. The van der Waals surface area contributed by atoms with E-state index < -0.39 is 84.1 Å². The maximum atomic E-state index is 13.6. The van der Waals surface area contributed by atoms with Gasteiger partial charge in [-0.1, -0.05) is 77.0 Å². The number of nitrogens with zero attached hydrogens (tertiary/aromatic N) is 1. The van der Waals surface area contributed by atoms with E-state index >= 15 is 0 Å². The number of allylic oxidation sites excluding steroid dienone is 1. The van der Waals surface area contributed by atoms with E-state index in [1.165, 1.54) is 65.2 Å². The van der Waals surface area contributed by atoms with Crippen LogP contribution in [-0.4, -0.2) is 138 Å². The van der Waals surface area contributed by atoms with Crippen LogP contribution in [0.5, 0.6) is 0 Å². The first-order valence-corrected chi connectivity index (χ1v) is 27.5. The second kappa shape index (κ2) is 42.1. The highest BCUT2D eigenvalue weighted by Gasteiger charge is 2.37. The number of carbonyl (C=O) groups is 10. The number of amides is 2. The van der Waals surface area contributed by atoms with Crippen molar-refractivity contribution in [3.8, 4) is 0 Å². The Bertz CT molecular complexity index is 1830. The predicted molar refractivity (Wildman–Crippen MR) is 283 cm³/mol. The number of carboxylic acid groups (broad SMARTS) is 3. The van der Waals surface area contributed by atoms with Gasteiger partial charge in [-0.3, -0.25) is 58.3 Å². The van der Waals surface area contributed by atoms with Crippen LogP contribution in [-0.2, 0) is 57.4 Å². The maximum Gasteiger partial charge on any atom is 0.303 e. The lowest BCUT2D eigenvalue weighted by Crippen LogP contribution is -2.49. The van der Waals surface area contributed by atoms with E-state index in [1.54, 1.807) is 12.4 Å². The Labute approximate surface area is 444 Å². The molecular formula is C55H91N5O15. The van der Waals surface area contributed by atoms with Crippen LogP contribution < -0.4 is 21.7 Å². The molecule has 0 bridgehead atoms. The molecule has 0 fully saturated rings. The number of ether oxygens (including phenoxy) is 2. The van der Waals surface area contributed by atoms with E-state index in [1.807, 2.05) is 0 Å². The average molecular weight is 1060 g/mol. The number of ketones is 5. The van der Waals surface area contributed by atoms with Gasteiger partial charge in [0, 0.05) is 82.9 Å². The molecule has 0 radical (unpaired) electrons. The van der Waals surface area contributed by atoms with Gasteiger partial charge in [0.05, 0.1) is 43.8 Å². The lowest BCUT2D eigenvalue weighted by atomic mass is 9.76. The molecule has 0 aromatic carbocycles. The molecule has 0 aromatic rings. The Morgan fingerprint density at radius 2 is 1.12 bits per heavy atom. The topological polar surface area (TPSA) is 324 Å². The molecule has 1 rings (SSSR count). The minimum Gasteiger partial charge on any atom is -0.481 e. The van der Waals surface area contributed by atoms with Gasteiger partial charge in [-0.2, -0.15) is 0 Å². The van der Waals surface area contributed by atoms with Crippen LogP contribution in [0.2, 0.25) is 0 Å². The van der Waals surface area contributed by atoms with Gasteiger partial charge in [-0.05, 0) is 77.2 Å². The number of hydrogen-bond acceptors (Lipinski definition) is 15. The molecular weight excluding hydrogens is 971 g/mol. The van der Waals surface area contributed by atoms with Crippen LogP contribution in [0.15, 0.2) is 16.8 Å². The lowest BCUT2D eigenvalue weighted by molar-refractivity contribution is -0.142. The van der Waals surface area contributed by atoms with Crippen molar-refractivity contribution >= 4 is 64.9 Å². The Morgan fingerprint density at radius 3 is 1.69 bits per heavy atom. The molecule has 0 aromatic heterocycles. The van der Waals surface area contributed by atoms with Crippen molar-refractivity contribution in [2.45, 2.75) is 212 Å². The number of aliphatic carboxylic acids is 3. The van der Waals surface area contributed by atoms with Crippen LogP contribution in [0.3, 0.4) is 0 Å². The maximum absolute atomic E-state index is 13.6. The standard InChI is InChI=1S/C55H91N5O15/c1-55(2,48(64)27-24-41-30-32-57-37-41)49(65)36-42(25-28-52(69)70)46(62)38-59-44(47(63)39-60-45(54(56)73)26-29-53(71)72)22-17-18-31-58-50(66)40-75-35-34-74-33-19-21-43(61)20-15-13-11-9-7-5-3-4-6-8-10-12-14-16-23-51(67)68/h32,37,42,44-45,59-60H,3-31,33-36,38-40H2,1-2H3,(H2,56,73)(H,58,66)(H,67,68)(H,69,70)(H,71,72)/t42-,44+,45+/m1/s1. The summed E-state index contributed by atoms with van der Waals surface area (Å²) in [5.74, 6) is -6.92. The zero-order valence-corrected chi connectivity index (χ0v) is 45.1. The molecule has 0 aliphatic carbocycles. The van der Waals surface area contributed by atoms with E-state index in [4.69, 9.17) is 25.4 Å². The van der Waals surface area contributed by atoms with E-state index in [2.05, 4.69) is 20.9 Å². The minimum atomic E-state index is -1.44. The van der Waals surface area contributed by atoms with Crippen molar-refractivity contribution in [1.82, 2.24) is 16.0 Å². The van der Waals surface area contributed by atoms with Gasteiger partial charge in [0.25, 0.3) is 0 Å². The average Bonchev–Trinajstić information content (AvgIpc) is 3.89. The summed E-state index contributed by atoms with van der Waals surface area (Å²) in [5, 5.41) is 35.5. The zero-order chi connectivity index (χ0) is 55.7. The van der Waals surface area contributed by atoms with Crippen LogP contribution in [0.25, 0.3) is 0 Å². The molecule has 75 heavy (non-hydrogen) atoms. The predicted octanol–water partition coefficient (Wildman–Crippen LogP) is 6.56. The minimum absolute atomic E-state index is 0.0981. The Morgan fingerprint density at radius 1 is 0.587 bits per heavy atom. The molecule has 8 N–H and O–H groups in total. The van der Waals surface area contributed by atoms with Crippen LogP contribution in [0.1, 0.15) is 200 Å². The fourth-order valence-corrected chi connectivity index (χ4v) is 8.50. The summed E-state index contributed by atoms with van der Waals surface area (Å²) in [7, 11) is 0. The van der Waals surface area contributed by atoms with Crippen molar-refractivity contribution < 1.29 is 72.7 Å². The third-order valence-corrected chi connectivity index (χ3v) is 13.5. The highest BCUT2D eigenvalue weighted by molar-refractivity contribution is 6.07. The van der Waals surface area contributed by atoms with Crippen molar-refractivity contribution in [2.75, 3.05) is 46.1 Å². The third-order valence-electron chi connectivity index (χ3n) is 13.5. The van der Waals surface area contributed by atoms with Gasteiger partial charge >= 0.3 is 17.9 Å². The summed E-state index contributed by atoms with van der Waals surface area (Å²) in [6, 6.07) is -2.10. The largest absolute Gasteiger partial charge is 0.481 e. The summed E-state index contributed by atoms with van der Waals surface area (Å²) in [6.07, 6.45) is 21.9. The Kier molecular flexibility index (Phi) is 38.2. The number of unbranched alkanes of at least 4 members (excludes halogenated alkanes) is 14. The first kappa shape index (κ1) is 68.0. The molecule has 0 spiro atoms. The smallest absolute Gasteiger partial charge is 0.303 e. The number of hydrogen-bond donors (Lipinski definition) is 7. The number of carbonyl (C=O) groups excluding carboxylic acids is 7. The van der Waals surface area contributed by atoms with E-state index in [0.717, 1.165) is 44.1 Å². The number of primary amides is 1. The number of carboxylic acids is 3. The van der Waals surface area contributed by atoms with Gasteiger partial charge in [0.1, 0.15) is 29.7 Å². The SMILES string of the molecule is CC(C)(C(=O)CCC1=CN=CC1)C(=O)C[C@@H](CCC(=O)O)C(=O)CN[C@@H](CCCCNC(=O)COCCOCCCC(=O)CCCCCCCCCCCCCCCCC(=O)O)C(=O)CN[C@@H](CCC(=O)O)C(N)=O. The van der Waals surface area contributed by atoms with Gasteiger partial charge < -0.3 is 41.2 Å². The molecule has 0 saturated heterocycles. The zero-order valence-electron chi connectivity index (χ0n) is 45.1. The highest BCUT2D eigenvalue weighted by atomic mass is 16.5. The number of aliphatic imine (C=N–C) groups is 1. The third kappa shape index (κ3) is 35.8. The summed E-state index contributed by atoms with van der Waals surface area (Å²) >= 11 is 0. The van der Waals surface area contributed by atoms with E-state index in [0.29, 0.717) is 51.6 Å². The van der Waals surface area contributed by atoms with Crippen molar-refractivity contribution in [3.63, 3.8) is 0 Å². The monoisotopic (exact) mass is 1060 g/mol. The Balaban J connectivity index is 2.44. The van der Waals surface area contributed by atoms with Crippen molar-refractivity contribution in [3.05, 3.63) is 11.8 Å². The van der Waals surface area contributed by atoms with Crippen LogP contribution >= 0.6 is 0 Å². The quantitative estimate of drug-likeness (QED) is 0.0250. The van der Waals surface area contributed by atoms with E-state index in [9.17, 15) is 53.1 Å². The number of rotatable bonds is 53. The fraction of sp³-hybridized carbons (Fsp3) is 0.764. The summed E-state index contributed by atoms with van der Waals surface area (Å²) in [5.41, 5.74) is 4.95. The molecule has 0 saturated carbocycles. The van der Waals surface area contributed by atoms with E-state index in [-0.39, 0.29) is 88.8 Å². The van der Waals surface area contributed by atoms with Gasteiger partial charge in [0.15, 0.2) is 5.78 Å². The van der Waals surface area contributed by atoms with Crippen LogP contribution in [0, 0.1) is 11.3 Å². The van der Waals surface area contributed by atoms with Gasteiger partial charge in [-0.25, -0.2) is 0 Å². The van der Waals surface area contributed by atoms with Crippen LogP contribution in [0.4, 0.5) is 0 Å². The normalized spacial score (nSPS) is 13.4. The number of nitrogens with two attached hydrogens (primary N) is 1. The second-order valence-electron chi connectivity index (χ2n) is 20.3. The molecule has 1 aliphatic rings. The molecule has 1 heterocycles. The molecule has 426 valence electrons. The number of Topliss-reactive ketones (excluding diaryl/α,β-unsaturated/α-hetero) is 5. The summed E-state index contributed by atoms with van der Waals surface area (Å²) < 4.78 is 11.0. The molecule has 0 unspecified atom stereocenters. The molecule has 20 nitrogen and oxygen atoms in total. The van der Waals surface area contributed by atoms with Gasteiger partial charge in [-0.15, -0.1) is 0 Å². The number of nitrogens with one attached hydrogen (secondary N) is 3. The van der Waals surface area contributed by atoms with Crippen molar-refractivity contribution in [1.29, 1.82) is 0 Å². The Hall–Kier alpha value is -5.05. The first-order valence-electron chi connectivity index (χ1n) is 27.5. The second-order valence-corrected chi connectivity index (χ2v) is 20.3. The first-order chi connectivity index (χ1) is 35.8. The fourth-order valence-electron chi connectivity index (χ4n) is 8.50. The highest BCUT2D eigenvalue weighted by Crippen LogP contribution is 2.28. The molecule has 1 aliphatic heterocycles. The molecule has 20 heteroatoms. The molecule has 3 atom stereocenters. The summed E-state index contributed by atoms with van der Waals surface area (Å²) in [4.78, 5) is 128. The van der Waals surface area contributed by atoms with Crippen molar-refractivity contribution in [2.24, 2.45) is 22.1 Å². The lowest BCUT2D eigenvalue weighted by Gasteiger charge is -2.25. The molecule has 2 amide bonds. The van der Waals surface area contributed by atoms with Gasteiger partial charge in [0.2, 0.25) is 11.8 Å².